The van der Waals surface area contributed by atoms with Crippen molar-refractivity contribution in [3.05, 3.63) is 42.5 Å². The number of carbonyl (C=O) groups excluding carboxylic acids is 2. The molecule has 3 rings (SSSR count). The summed E-state index contributed by atoms with van der Waals surface area (Å²) in [4.78, 5) is 30.0. The largest absolute Gasteiger partial charge is 0.467 e. The summed E-state index contributed by atoms with van der Waals surface area (Å²) < 4.78 is 10.4. The lowest BCUT2D eigenvalue weighted by Gasteiger charge is -2.27. The number of urea groups is 1. The van der Waals surface area contributed by atoms with Crippen LogP contribution in [0.1, 0.15) is 5.76 Å². The number of nitrogens with zero attached hydrogens (tertiary/aromatic N) is 2. The monoisotopic (exact) mass is 359 g/mol. The van der Waals surface area contributed by atoms with Gasteiger partial charge in [-0.25, -0.2) is 9.78 Å². The highest BCUT2D eigenvalue weighted by molar-refractivity contribution is 5.92. The van der Waals surface area contributed by atoms with Crippen molar-refractivity contribution in [1.29, 1.82) is 0 Å². The SMILES string of the molecule is O=C(CNC(=O)Nc1ccc(N2CCOCC2)nc1)NCc1ccco1. The maximum absolute atomic E-state index is 11.9. The summed E-state index contributed by atoms with van der Waals surface area (Å²) in [5.41, 5.74) is 0.551. The molecule has 0 spiro atoms. The molecular formula is C17H21N5O4. The van der Waals surface area contributed by atoms with Crippen molar-refractivity contribution in [3.8, 4) is 0 Å². The van der Waals surface area contributed by atoms with Crippen molar-refractivity contribution in [2.45, 2.75) is 6.54 Å². The molecule has 0 aromatic carbocycles. The third-order valence-corrected chi connectivity index (χ3v) is 3.79. The molecule has 0 aliphatic carbocycles. The molecule has 3 amide bonds. The molecule has 1 aliphatic rings. The van der Waals surface area contributed by atoms with E-state index in [4.69, 9.17) is 9.15 Å². The van der Waals surface area contributed by atoms with Crippen molar-refractivity contribution in [2.75, 3.05) is 43.1 Å². The molecule has 0 radical (unpaired) electrons. The van der Waals surface area contributed by atoms with Crippen LogP contribution in [0, 0.1) is 0 Å². The Morgan fingerprint density at radius 1 is 1.15 bits per heavy atom. The van der Waals surface area contributed by atoms with Crippen LogP contribution < -0.4 is 20.9 Å². The van der Waals surface area contributed by atoms with Gasteiger partial charge in [-0.05, 0) is 24.3 Å². The van der Waals surface area contributed by atoms with Crippen LogP contribution in [0.25, 0.3) is 0 Å². The molecule has 2 aromatic rings. The normalized spacial score (nSPS) is 13.9. The lowest BCUT2D eigenvalue weighted by atomic mass is 10.3. The van der Waals surface area contributed by atoms with Crippen LogP contribution >= 0.6 is 0 Å². The molecule has 1 aliphatic heterocycles. The molecule has 26 heavy (non-hydrogen) atoms. The second-order valence-corrected chi connectivity index (χ2v) is 5.67. The summed E-state index contributed by atoms with van der Waals surface area (Å²) in [5, 5.41) is 7.78. The van der Waals surface area contributed by atoms with Crippen LogP contribution in [0.2, 0.25) is 0 Å². The number of aromatic nitrogens is 1. The minimum absolute atomic E-state index is 0.133. The van der Waals surface area contributed by atoms with Crippen LogP contribution in [0.15, 0.2) is 41.1 Å². The summed E-state index contributed by atoms with van der Waals surface area (Å²) in [5.74, 6) is 1.18. The maximum atomic E-state index is 11.9. The van der Waals surface area contributed by atoms with E-state index in [9.17, 15) is 9.59 Å². The van der Waals surface area contributed by atoms with Crippen LogP contribution in [0.3, 0.4) is 0 Å². The Hall–Kier alpha value is -3.07. The molecule has 138 valence electrons. The molecule has 3 heterocycles. The van der Waals surface area contributed by atoms with Gasteiger partial charge in [0.1, 0.15) is 11.6 Å². The molecule has 2 aromatic heterocycles. The molecule has 0 bridgehead atoms. The summed E-state index contributed by atoms with van der Waals surface area (Å²) in [6.45, 7) is 3.12. The predicted octanol–water partition coefficient (Wildman–Crippen LogP) is 0.949. The Morgan fingerprint density at radius 2 is 2.00 bits per heavy atom. The van der Waals surface area contributed by atoms with Gasteiger partial charge in [-0.1, -0.05) is 0 Å². The number of rotatable bonds is 6. The number of pyridine rings is 1. The molecule has 3 N–H and O–H groups in total. The third-order valence-electron chi connectivity index (χ3n) is 3.79. The average Bonchev–Trinajstić information content (AvgIpc) is 3.20. The maximum Gasteiger partial charge on any atom is 0.319 e. The highest BCUT2D eigenvalue weighted by atomic mass is 16.5. The number of nitrogens with one attached hydrogen (secondary N) is 3. The molecule has 0 unspecified atom stereocenters. The number of furan rings is 1. The van der Waals surface area contributed by atoms with E-state index in [1.807, 2.05) is 6.07 Å². The fourth-order valence-corrected chi connectivity index (χ4v) is 2.44. The zero-order valence-electron chi connectivity index (χ0n) is 14.2. The van der Waals surface area contributed by atoms with Crippen molar-refractivity contribution in [3.63, 3.8) is 0 Å². The zero-order valence-corrected chi connectivity index (χ0v) is 14.2. The molecule has 9 nitrogen and oxygen atoms in total. The minimum Gasteiger partial charge on any atom is -0.467 e. The van der Waals surface area contributed by atoms with E-state index in [1.54, 1.807) is 24.4 Å². The van der Waals surface area contributed by atoms with Gasteiger partial charge < -0.3 is 30.0 Å². The van der Waals surface area contributed by atoms with Crippen molar-refractivity contribution in [2.24, 2.45) is 0 Å². The summed E-state index contributed by atoms with van der Waals surface area (Å²) in [6, 6.07) is 6.64. The van der Waals surface area contributed by atoms with Crippen LogP contribution in [0.4, 0.5) is 16.3 Å². The van der Waals surface area contributed by atoms with E-state index < -0.39 is 6.03 Å². The van der Waals surface area contributed by atoms with E-state index in [-0.39, 0.29) is 19.0 Å². The number of hydrogen-bond acceptors (Lipinski definition) is 6. The predicted molar refractivity (Wildman–Crippen MR) is 94.8 cm³/mol. The molecule has 1 saturated heterocycles. The number of amides is 3. The summed E-state index contributed by atoms with van der Waals surface area (Å²) in [7, 11) is 0. The van der Waals surface area contributed by atoms with Crippen molar-refractivity contribution in [1.82, 2.24) is 15.6 Å². The average molecular weight is 359 g/mol. The first-order valence-electron chi connectivity index (χ1n) is 8.33. The lowest BCUT2D eigenvalue weighted by Crippen LogP contribution is -2.38. The molecule has 0 atom stereocenters. The summed E-state index contributed by atoms with van der Waals surface area (Å²) in [6.07, 6.45) is 3.12. The number of anilines is 2. The third kappa shape index (κ3) is 5.21. The van der Waals surface area contributed by atoms with Gasteiger partial charge in [0.25, 0.3) is 0 Å². The van der Waals surface area contributed by atoms with Gasteiger partial charge >= 0.3 is 6.03 Å². The van der Waals surface area contributed by atoms with Crippen LogP contribution in [-0.4, -0.2) is 49.8 Å². The Labute approximate surface area is 150 Å². The van der Waals surface area contributed by atoms with Crippen molar-refractivity contribution < 1.29 is 18.7 Å². The first kappa shape index (κ1) is 17.7. The van der Waals surface area contributed by atoms with E-state index in [1.165, 1.54) is 6.26 Å². The fraction of sp³-hybridized carbons (Fsp3) is 0.353. The van der Waals surface area contributed by atoms with Crippen LogP contribution in [0.5, 0.6) is 0 Å². The van der Waals surface area contributed by atoms with Crippen LogP contribution in [-0.2, 0) is 16.1 Å². The molecule has 1 fully saturated rings. The minimum atomic E-state index is -0.473. The quantitative estimate of drug-likeness (QED) is 0.709. The molecule has 0 saturated carbocycles. The number of hydrogen-bond donors (Lipinski definition) is 3. The van der Waals surface area contributed by atoms with Gasteiger partial charge in [-0.2, -0.15) is 0 Å². The lowest BCUT2D eigenvalue weighted by molar-refractivity contribution is -0.120. The van der Waals surface area contributed by atoms with Gasteiger partial charge in [0, 0.05) is 13.1 Å². The van der Waals surface area contributed by atoms with E-state index >= 15 is 0 Å². The zero-order chi connectivity index (χ0) is 18.2. The van der Waals surface area contributed by atoms with Crippen molar-refractivity contribution >= 4 is 23.4 Å². The highest BCUT2D eigenvalue weighted by Crippen LogP contribution is 2.15. The van der Waals surface area contributed by atoms with Gasteiger partial charge in [0.15, 0.2) is 0 Å². The first-order chi connectivity index (χ1) is 12.7. The second kappa shape index (κ2) is 8.86. The smallest absolute Gasteiger partial charge is 0.319 e. The van der Waals surface area contributed by atoms with Gasteiger partial charge in [-0.15, -0.1) is 0 Å². The van der Waals surface area contributed by atoms with Gasteiger partial charge in [0.2, 0.25) is 5.91 Å². The Kier molecular flexibility index (Phi) is 6.05. The van der Waals surface area contributed by atoms with Gasteiger partial charge in [-0.3, -0.25) is 4.79 Å². The number of carbonyl (C=O) groups is 2. The second-order valence-electron chi connectivity index (χ2n) is 5.67. The first-order valence-corrected chi connectivity index (χ1v) is 8.33. The fourth-order valence-electron chi connectivity index (χ4n) is 2.44. The van der Waals surface area contributed by atoms with Gasteiger partial charge in [0.05, 0.1) is 44.5 Å². The van der Waals surface area contributed by atoms with E-state index in [0.29, 0.717) is 24.7 Å². The Bertz CT molecular complexity index is 711. The number of morpholine rings is 1. The molecule has 9 heteroatoms. The highest BCUT2D eigenvalue weighted by Gasteiger charge is 2.12. The molecular weight excluding hydrogens is 338 g/mol. The summed E-state index contributed by atoms with van der Waals surface area (Å²) >= 11 is 0. The standard InChI is InChI=1S/C17H21N5O4/c23-16(19-11-14-2-1-7-26-14)12-20-17(24)21-13-3-4-15(18-10-13)22-5-8-25-9-6-22/h1-4,7,10H,5-6,8-9,11-12H2,(H,19,23)(H2,20,21,24). The topological polar surface area (TPSA) is 109 Å². The number of ether oxygens (including phenoxy) is 1. The van der Waals surface area contributed by atoms with E-state index in [2.05, 4.69) is 25.8 Å². The Morgan fingerprint density at radius 3 is 2.69 bits per heavy atom. The Balaban J connectivity index is 1.39. The van der Waals surface area contributed by atoms with E-state index in [0.717, 1.165) is 18.9 Å².